The van der Waals surface area contributed by atoms with Crippen molar-refractivity contribution in [2.45, 2.75) is 6.54 Å². The average molecular weight is 308 g/mol. The summed E-state index contributed by atoms with van der Waals surface area (Å²) >= 11 is 0. The summed E-state index contributed by atoms with van der Waals surface area (Å²) < 4.78 is 1.88. The fourth-order valence-electron chi connectivity index (χ4n) is 2.21. The zero-order valence-electron chi connectivity index (χ0n) is 12.6. The van der Waals surface area contributed by atoms with E-state index in [1.807, 2.05) is 34.9 Å². The Labute approximate surface area is 133 Å². The molecule has 0 atom stereocenters. The summed E-state index contributed by atoms with van der Waals surface area (Å²) in [5.41, 5.74) is 1.46. The number of benzene rings is 1. The van der Waals surface area contributed by atoms with Gasteiger partial charge in [-0.15, -0.1) is 10.2 Å². The lowest BCUT2D eigenvalue weighted by atomic mass is 10.2. The van der Waals surface area contributed by atoms with Gasteiger partial charge in [0, 0.05) is 18.9 Å². The summed E-state index contributed by atoms with van der Waals surface area (Å²) in [4.78, 5) is 16.1. The summed E-state index contributed by atoms with van der Waals surface area (Å²) in [6.07, 6.45) is 3.29. The topological polar surface area (TPSA) is 84.7 Å². The first-order chi connectivity index (χ1) is 11.3. The van der Waals surface area contributed by atoms with Gasteiger partial charge in [0.2, 0.25) is 0 Å². The molecule has 0 unspecified atom stereocenters. The molecule has 1 aromatic carbocycles. The highest BCUT2D eigenvalue weighted by atomic mass is 16.1. The van der Waals surface area contributed by atoms with Crippen molar-refractivity contribution in [3.05, 3.63) is 66.4 Å². The number of anilines is 1. The van der Waals surface area contributed by atoms with Gasteiger partial charge in [-0.05, 0) is 24.3 Å². The number of nitrogens with zero attached hydrogens (tertiary/aromatic N) is 4. The van der Waals surface area contributed by atoms with Crippen molar-refractivity contribution in [1.82, 2.24) is 25.1 Å². The van der Waals surface area contributed by atoms with Crippen LogP contribution in [-0.4, -0.2) is 32.7 Å². The maximum Gasteiger partial charge on any atom is 0.254 e. The quantitative estimate of drug-likeness (QED) is 0.748. The lowest BCUT2D eigenvalue weighted by Gasteiger charge is -2.10. The van der Waals surface area contributed by atoms with Crippen molar-refractivity contribution in [1.29, 1.82) is 0 Å². The molecule has 3 aromatic rings. The molecule has 0 aliphatic rings. The first-order valence-corrected chi connectivity index (χ1v) is 7.15. The number of rotatable bonds is 5. The zero-order valence-corrected chi connectivity index (χ0v) is 12.6. The van der Waals surface area contributed by atoms with Crippen LogP contribution in [0.4, 0.5) is 5.82 Å². The van der Waals surface area contributed by atoms with E-state index in [0.717, 1.165) is 11.5 Å². The van der Waals surface area contributed by atoms with E-state index in [-0.39, 0.29) is 5.91 Å². The van der Waals surface area contributed by atoms with Crippen LogP contribution in [-0.2, 0) is 6.54 Å². The Morgan fingerprint density at radius 3 is 2.78 bits per heavy atom. The molecule has 1 amide bonds. The molecule has 7 heteroatoms. The average Bonchev–Trinajstić information content (AvgIpc) is 3.09. The molecule has 0 radical (unpaired) electrons. The van der Waals surface area contributed by atoms with Gasteiger partial charge in [0.1, 0.15) is 12.1 Å². The fraction of sp³-hybridized carbons (Fsp3) is 0.125. The monoisotopic (exact) mass is 308 g/mol. The molecule has 0 aliphatic heterocycles. The number of amides is 1. The fourth-order valence-corrected chi connectivity index (χ4v) is 2.21. The number of hydrogen-bond donors (Lipinski definition) is 2. The largest absolute Gasteiger partial charge is 0.362 e. The molecule has 116 valence electrons. The highest BCUT2D eigenvalue weighted by Gasteiger charge is 2.12. The van der Waals surface area contributed by atoms with Crippen LogP contribution in [0.15, 0.2) is 55.0 Å². The van der Waals surface area contributed by atoms with Crippen molar-refractivity contribution in [3.63, 3.8) is 0 Å². The predicted molar refractivity (Wildman–Crippen MR) is 86.3 cm³/mol. The van der Waals surface area contributed by atoms with Crippen LogP contribution >= 0.6 is 0 Å². The van der Waals surface area contributed by atoms with Gasteiger partial charge in [0.05, 0.1) is 12.1 Å². The van der Waals surface area contributed by atoms with Crippen molar-refractivity contribution in [3.8, 4) is 5.69 Å². The SMILES string of the molecule is CNC(=O)c1cccnc1NCc1nncn1-c1ccccc1. The summed E-state index contributed by atoms with van der Waals surface area (Å²) in [5.74, 6) is 1.05. The maximum atomic E-state index is 11.9. The van der Waals surface area contributed by atoms with Crippen LogP contribution in [0, 0.1) is 0 Å². The second-order valence-electron chi connectivity index (χ2n) is 4.78. The van der Waals surface area contributed by atoms with E-state index in [9.17, 15) is 4.79 Å². The van der Waals surface area contributed by atoms with Crippen molar-refractivity contribution in [2.24, 2.45) is 0 Å². The van der Waals surface area contributed by atoms with Gasteiger partial charge < -0.3 is 10.6 Å². The molecule has 0 saturated heterocycles. The third-order valence-electron chi connectivity index (χ3n) is 3.35. The second-order valence-corrected chi connectivity index (χ2v) is 4.78. The van der Waals surface area contributed by atoms with Crippen LogP contribution in [0.25, 0.3) is 5.69 Å². The predicted octanol–water partition coefficient (Wildman–Crippen LogP) is 1.63. The number of para-hydroxylation sites is 1. The van der Waals surface area contributed by atoms with Gasteiger partial charge in [-0.1, -0.05) is 18.2 Å². The molecular formula is C16H16N6O. The van der Waals surface area contributed by atoms with Gasteiger partial charge in [-0.3, -0.25) is 9.36 Å². The molecule has 23 heavy (non-hydrogen) atoms. The molecule has 2 heterocycles. The molecule has 0 bridgehead atoms. The molecular weight excluding hydrogens is 292 g/mol. The Kier molecular flexibility index (Phi) is 4.28. The Bertz CT molecular complexity index is 799. The normalized spacial score (nSPS) is 10.3. The zero-order chi connectivity index (χ0) is 16.1. The van der Waals surface area contributed by atoms with E-state index < -0.39 is 0 Å². The molecule has 2 N–H and O–H groups in total. The van der Waals surface area contributed by atoms with E-state index in [1.54, 1.807) is 31.7 Å². The molecule has 0 aliphatic carbocycles. The Hall–Kier alpha value is -3.22. The van der Waals surface area contributed by atoms with E-state index >= 15 is 0 Å². The number of carbonyl (C=O) groups excluding carboxylic acids is 1. The Morgan fingerprint density at radius 1 is 1.17 bits per heavy atom. The van der Waals surface area contributed by atoms with Gasteiger partial charge in [0.15, 0.2) is 5.82 Å². The van der Waals surface area contributed by atoms with Crippen LogP contribution in [0.5, 0.6) is 0 Å². The van der Waals surface area contributed by atoms with Crippen molar-refractivity contribution >= 4 is 11.7 Å². The number of nitrogens with one attached hydrogen (secondary N) is 2. The number of hydrogen-bond acceptors (Lipinski definition) is 5. The van der Waals surface area contributed by atoms with Gasteiger partial charge in [-0.25, -0.2) is 4.98 Å². The molecule has 0 spiro atoms. The molecule has 0 saturated carbocycles. The summed E-state index contributed by atoms with van der Waals surface area (Å²) in [6, 6.07) is 13.3. The minimum Gasteiger partial charge on any atom is -0.362 e. The Balaban J connectivity index is 1.81. The van der Waals surface area contributed by atoms with E-state index in [1.165, 1.54) is 0 Å². The smallest absolute Gasteiger partial charge is 0.254 e. The minimum absolute atomic E-state index is 0.190. The first kappa shape index (κ1) is 14.7. The van der Waals surface area contributed by atoms with Crippen molar-refractivity contribution < 1.29 is 4.79 Å². The number of pyridine rings is 1. The number of aromatic nitrogens is 4. The van der Waals surface area contributed by atoms with Crippen LogP contribution < -0.4 is 10.6 Å². The highest BCUT2D eigenvalue weighted by molar-refractivity contribution is 5.98. The second kappa shape index (κ2) is 6.69. The third kappa shape index (κ3) is 3.18. The van der Waals surface area contributed by atoms with Crippen molar-refractivity contribution in [2.75, 3.05) is 12.4 Å². The standard InChI is InChI=1S/C16H16N6O/c1-17-16(23)13-8-5-9-18-15(13)19-10-14-21-20-11-22(14)12-6-3-2-4-7-12/h2-9,11H,10H2,1H3,(H,17,23)(H,18,19). The third-order valence-corrected chi connectivity index (χ3v) is 3.35. The minimum atomic E-state index is -0.190. The molecule has 7 nitrogen and oxygen atoms in total. The van der Waals surface area contributed by atoms with Gasteiger partial charge >= 0.3 is 0 Å². The maximum absolute atomic E-state index is 11.9. The molecule has 2 aromatic heterocycles. The summed E-state index contributed by atoms with van der Waals surface area (Å²) in [6.45, 7) is 0.399. The molecule has 3 rings (SSSR count). The summed E-state index contributed by atoms with van der Waals surface area (Å²) in [7, 11) is 1.59. The van der Waals surface area contributed by atoms with Crippen LogP contribution in [0.3, 0.4) is 0 Å². The van der Waals surface area contributed by atoms with Crippen LogP contribution in [0.1, 0.15) is 16.2 Å². The Morgan fingerprint density at radius 2 is 2.00 bits per heavy atom. The van der Waals surface area contributed by atoms with Gasteiger partial charge in [-0.2, -0.15) is 0 Å². The highest BCUT2D eigenvalue weighted by Crippen LogP contribution is 2.14. The van der Waals surface area contributed by atoms with Crippen LogP contribution in [0.2, 0.25) is 0 Å². The lowest BCUT2D eigenvalue weighted by molar-refractivity contribution is 0.0963. The number of carbonyl (C=O) groups is 1. The lowest BCUT2D eigenvalue weighted by Crippen LogP contribution is -2.20. The van der Waals surface area contributed by atoms with Gasteiger partial charge in [0.25, 0.3) is 5.91 Å². The molecule has 0 fully saturated rings. The van der Waals surface area contributed by atoms with E-state index in [0.29, 0.717) is 17.9 Å². The van der Waals surface area contributed by atoms with E-state index in [4.69, 9.17) is 0 Å². The van der Waals surface area contributed by atoms with E-state index in [2.05, 4.69) is 25.8 Å². The first-order valence-electron chi connectivity index (χ1n) is 7.15. The summed E-state index contributed by atoms with van der Waals surface area (Å²) in [5, 5.41) is 13.8.